The van der Waals surface area contributed by atoms with Crippen LogP contribution in [0.4, 0.5) is 0 Å². The summed E-state index contributed by atoms with van der Waals surface area (Å²) in [5, 5.41) is 10.7. The molecular formula is C25H39N5O2. The minimum Gasteiger partial charge on any atom is -0.391 e. The molecule has 0 bridgehead atoms. The Morgan fingerprint density at radius 1 is 1.09 bits per heavy atom. The van der Waals surface area contributed by atoms with E-state index in [2.05, 4.69) is 53.5 Å². The lowest BCUT2D eigenvalue weighted by Gasteiger charge is -2.39. The average Bonchev–Trinajstić information content (AvgIpc) is 3.04. The van der Waals surface area contributed by atoms with Crippen LogP contribution >= 0.6 is 0 Å². The van der Waals surface area contributed by atoms with Gasteiger partial charge in [0.2, 0.25) is 5.91 Å². The number of aliphatic hydroxyl groups excluding tert-OH is 1. The van der Waals surface area contributed by atoms with Gasteiger partial charge in [0, 0.05) is 64.2 Å². The van der Waals surface area contributed by atoms with Gasteiger partial charge in [-0.1, -0.05) is 26.0 Å². The Morgan fingerprint density at radius 2 is 1.81 bits per heavy atom. The number of likely N-dealkylation sites (tertiary alicyclic amines) is 1. The predicted molar refractivity (Wildman–Crippen MR) is 128 cm³/mol. The number of rotatable bonds is 6. The van der Waals surface area contributed by atoms with Crippen molar-refractivity contribution in [3.8, 4) is 0 Å². The molecule has 32 heavy (non-hydrogen) atoms. The Balaban J connectivity index is 1.32. The quantitative estimate of drug-likeness (QED) is 0.746. The van der Waals surface area contributed by atoms with Crippen molar-refractivity contribution in [1.82, 2.24) is 24.3 Å². The third-order valence-corrected chi connectivity index (χ3v) is 7.17. The number of imidazole rings is 1. The first-order valence-corrected chi connectivity index (χ1v) is 12.3. The molecule has 7 heteroatoms. The molecular weight excluding hydrogens is 402 g/mol. The minimum atomic E-state index is -0.345. The summed E-state index contributed by atoms with van der Waals surface area (Å²) < 4.78 is 2.28. The maximum atomic E-state index is 13.0. The van der Waals surface area contributed by atoms with E-state index in [4.69, 9.17) is 4.98 Å². The van der Waals surface area contributed by atoms with Gasteiger partial charge in [-0.15, -0.1) is 0 Å². The number of fused-ring (bicyclic) bond motifs is 1. The molecule has 4 rings (SSSR count). The van der Waals surface area contributed by atoms with Gasteiger partial charge < -0.3 is 19.5 Å². The molecule has 0 radical (unpaired) electrons. The highest BCUT2D eigenvalue weighted by molar-refractivity contribution is 5.77. The van der Waals surface area contributed by atoms with Crippen LogP contribution in [-0.4, -0.2) is 93.7 Å². The first-order chi connectivity index (χ1) is 15.4. The molecule has 2 saturated heterocycles. The van der Waals surface area contributed by atoms with E-state index < -0.39 is 0 Å². The highest BCUT2D eigenvalue weighted by Gasteiger charge is 2.32. The molecule has 2 aromatic rings. The molecule has 2 fully saturated rings. The average molecular weight is 442 g/mol. The molecule has 176 valence electrons. The Hall–Kier alpha value is -1.96. The van der Waals surface area contributed by atoms with Gasteiger partial charge >= 0.3 is 0 Å². The lowest BCUT2D eigenvalue weighted by Crippen LogP contribution is -2.52. The van der Waals surface area contributed by atoms with Crippen LogP contribution in [0.1, 0.15) is 51.3 Å². The third kappa shape index (κ3) is 5.16. The van der Waals surface area contributed by atoms with Gasteiger partial charge in [0.15, 0.2) is 0 Å². The fourth-order valence-corrected chi connectivity index (χ4v) is 5.22. The summed E-state index contributed by atoms with van der Waals surface area (Å²) in [7, 11) is 2.15. The number of likely N-dealkylation sites (N-methyl/N-ethyl adjacent to an activating group) is 1. The van der Waals surface area contributed by atoms with Crippen LogP contribution in [0.25, 0.3) is 11.0 Å². The van der Waals surface area contributed by atoms with Gasteiger partial charge in [-0.05, 0) is 38.4 Å². The van der Waals surface area contributed by atoms with Gasteiger partial charge in [-0.3, -0.25) is 9.69 Å². The van der Waals surface area contributed by atoms with Crippen molar-refractivity contribution in [3.63, 3.8) is 0 Å². The molecule has 2 atom stereocenters. The normalized spacial score (nSPS) is 23.7. The third-order valence-electron chi connectivity index (χ3n) is 7.17. The van der Waals surface area contributed by atoms with Crippen LogP contribution in [0.3, 0.4) is 0 Å². The summed E-state index contributed by atoms with van der Waals surface area (Å²) in [6.07, 6.45) is 2.54. The second-order valence-corrected chi connectivity index (χ2v) is 9.80. The number of aryl methyl sites for hydroxylation is 1. The van der Waals surface area contributed by atoms with Crippen molar-refractivity contribution < 1.29 is 9.90 Å². The number of nitrogens with zero attached hydrogens (tertiary/aromatic N) is 5. The van der Waals surface area contributed by atoms with E-state index in [9.17, 15) is 9.90 Å². The Kier molecular flexibility index (Phi) is 7.48. The standard InChI is InChI=1S/C25H39N5O2/c1-19(2)25-26-20-7-4-5-8-21(20)30(25)12-6-9-24(32)29-13-10-22(23(31)11-14-29)28-17-15-27(3)16-18-28/h4-5,7-8,19,22-23,31H,6,9-18H2,1-3H3/t22-,23-/m0/s1. The minimum absolute atomic E-state index is 0.174. The van der Waals surface area contributed by atoms with E-state index in [1.165, 1.54) is 0 Å². The van der Waals surface area contributed by atoms with Crippen molar-refractivity contribution in [3.05, 3.63) is 30.1 Å². The molecule has 7 nitrogen and oxygen atoms in total. The van der Waals surface area contributed by atoms with Crippen LogP contribution in [-0.2, 0) is 11.3 Å². The summed E-state index contributed by atoms with van der Waals surface area (Å²) in [6.45, 7) is 10.7. The molecule has 1 aromatic heterocycles. The highest BCUT2D eigenvalue weighted by Crippen LogP contribution is 2.23. The van der Waals surface area contributed by atoms with Gasteiger partial charge in [-0.2, -0.15) is 0 Å². The topological polar surface area (TPSA) is 64.8 Å². The number of para-hydroxylation sites is 2. The number of aliphatic hydroxyl groups is 1. The number of carbonyl (C=O) groups excluding carboxylic acids is 1. The second kappa shape index (κ2) is 10.3. The van der Waals surface area contributed by atoms with E-state index in [0.717, 1.165) is 69.0 Å². The Morgan fingerprint density at radius 3 is 2.56 bits per heavy atom. The monoisotopic (exact) mass is 441 g/mol. The molecule has 0 aliphatic carbocycles. The number of piperazine rings is 1. The van der Waals surface area contributed by atoms with Crippen LogP contribution < -0.4 is 0 Å². The number of amides is 1. The summed E-state index contributed by atoms with van der Waals surface area (Å²) in [4.78, 5) is 24.5. The van der Waals surface area contributed by atoms with Crippen molar-refractivity contribution in [2.45, 2.75) is 64.1 Å². The van der Waals surface area contributed by atoms with Crippen molar-refractivity contribution in [1.29, 1.82) is 0 Å². The molecule has 0 unspecified atom stereocenters. The zero-order valence-electron chi connectivity index (χ0n) is 19.9. The largest absolute Gasteiger partial charge is 0.391 e. The second-order valence-electron chi connectivity index (χ2n) is 9.80. The molecule has 0 saturated carbocycles. The van der Waals surface area contributed by atoms with Crippen LogP contribution in [0.5, 0.6) is 0 Å². The van der Waals surface area contributed by atoms with Crippen LogP contribution in [0, 0.1) is 0 Å². The number of hydrogen-bond donors (Lipinski definition) is 1. The summed E-state index contributed by atoms with van der Waals surface area (Å²) in [5.41, 5.74) is 2.18. The van der Waals surface area contributed by atoms with E-state index in [-0.39, 0.29) is 18.1 Å². The maximum Gasteiger partial charge on any atom is 0.222 e. The predicted octanol–water partition coefficient (Wildman–Crippen LogP) is 2.54. The highest BCUT2D eigenvalue weighted by atomic mass is 16.3. The van der Waals surface area contributed by atoms with Gasteiger partial charge in [0.05, 0.1) is 17.1 Å². The summed E-state index contributed by atoms with van der Waals surface area (Å²) in [5.74, 6) is 1.65. The van der Waals surface area contributed by atoms with Crippen molar-refractivity contribution in [2.75, 3.05) is 46.3 Å². The maximum absolute atomic E-state index is 13.0. The van der Waals surface area contributed by atoms with Crippen molar-refractivity contribution >= 4 is 16.9 Å². The van der Waals surface area contributed by atoms with Gasteiger partial charge in [0.25, 0.3) is 0 Å². The summed E-state index contributed by atoms with van der Waals surface area (Å²) >= 11 is 0. The lowest BCUT2D eigenvalue weighted by molar-refractivity contribution is -0.131. The van der Waals surface area contributed by atoms with Crippen molar-refractivity contribution in [2.24, 2.45) is 0 Å². The van der Waals surface area contributed by atoms with E-state index in [1.807, 2.05) is 11.0 Å². The molecule has 1 N–H and O–H groups in total. The van der Waals surface area contributed by atoms with E-state index in [0.29, 0.717) is 25.3 Å². The zero-order valence-corrected chi connectivity index (χ0v) is 19.9. The Bertz CT molecular complexity index is 903. The molecule has 2 aliphatic heterocycles. The molecule has 1 aromatic carbocycles. The van der Waals surface area contributed by atoms with Gasteiger partial charge in [-0.25, -0.2) is 4.98 Å². The SMILES string of the molecule is CC(C)c1nc2ccccc2n1CCCC(=O)N1CC[C@H](O)[C@@H](N2CCN(C)CC2)CC1. The van der Waals surface area contributed by atoms with E-state index >= 15 is 0 Å². The molecule has 1 amide bonds. The van der Waals surface area contributed by atoms with Gasteiger partial charge in [0.1, 0.15) is 5.82 Å². The molecule has 0 spiro atoms. The summed E-state index contributed by atoms with van der Waals surface area (Å²) in [6, 6.07) is 8.42. The number of hydrogen-bond acceptors (Lipinski definition) is 5. The zero-order chi connectivity index (χ0) is 22.7. The fraction of sp³-hybridized carbons (Fsp3) is 0.680. The fourth-order valence-electron chi connectivity index (χ4n) is 5.22. The molecule has 3 heterocycles. The number of benzene rings is 1. The smallest absolute Gasteiger partial charge is 0.222 e. The van der Waals surface area contributed by atoms with Crippen LogP contribution in [0.15, 0.2) is 24.3 Å². The number of carbonyl (C=O) groups is 1. The van der Waals surface area contributed by atoms with E-state index in [1.54, 1.807) is 0 Å². The Labute approximate surface area is 192 Å². The first-order valence-electron chi connectivity index (χ1n) is 12.3. The molecule has 2 aliphatic rings. The number of aromatic nitrogens is 2. The first kappa shape index (κ1) is 23.2. The van der Waals surface area contributed by atoms with Crippen LogP contribution in [0.2, 0.25) is 0 Å². The lowest BCUT2D eigenvalue weighted by atomic mass is 10.0.